The van der Waals surface area contributed by atoms with Crippen LogP contribution < -0.4 is 5.90 Å². The second-order valence-electron chi connectivity index (χ2n) is 8.23. The van der Waals surface area contributed by atoms with E-state index < -0.39 is 5.60 Å². The molecular weight excluding hydrogens is 318 g/mol. The summed E-state index contributed by atoms with van der Waals surface area (Å²) >= 11 is 0. The number of rotatable bonds is 16. The van der Waals surface area contributed by atoms with Crippen molar-refractivity contribution in [1.29, 1.82) is 0 Å². The molecule has 0 aromatic heterocycles. The first-order valence-corrected chi connectivity index (χ1v) is 9.76. The first-order chi connectivity index (χ1) is 11.6. The molecule has 0 amide bonds. The number of Topliss-reactive ketones (excluding diaryl/α,β-unsaturated/α-hetero) is 1. The zero-order chi connectivity index (χ0) is 19.3. The lowest BCUT2D eigenvalue weighted by atomic mass is 9.91. The number of carbonyl (C=O) groups is 1. The van der Waals surface area contributed by atoms with E-state index in [0.717, 1.165) is 19.3 Å². The molecule has 0 aliphatic rings. The maximum Gasteiger partial charge on any atom is 0.138 e. The van der Waals surface area contributed by atoms with E-state index in [-0.39, 0.29) is 11.5 Å². The average molecular weight is 360 g/mol. The number of hydrogen-bond donors (Lipinski definition) is 1. The van der Waals surface area contributed by atoms with Crippen LogP contribution in [-0.4, -0.2) is 36.8 Å². The standard InChI is InChI=1S/C20H41NO4/c1-7-8-9-10-11-17(2)18(22)16-20(5,6)24-15-14-23-19(3,4)12-13-25-21/h17H,7-16,21H2,1-6H3. The van der Waals surface area contributed by atoms with Crippen LogP contribution in [0.15, 0.2) is 0 Å². The van der Waals surface area contributed by atoms with E-state index in [1.165, 1.54) is 19.3 Å². The lowest BCUT2D eigenvalue weighted by Crippen LogP contribution is -2.33. The van der Waals surface area contributed by atoms with Crippen molar-refractivity contribution in [2.45, 2.75) is 97.7 Å². The molecule has 0 fully saturated rings. The Labute approximate surface area is 154 Å². The quantitative estimate of drug-likeness (QED) is 0.326. The van der Waals surface area contributed by atoms with Gasteiger partial charge in [0, 0.05) is 18.8 Å². The molecule has 25 heavy (non-hydrogen) atoms. The molecule has 0 radical (unpaired) electrons. The van der Waals surface area contributed by atoms with E-state index in [9.17, 15) is 4.79 Å². The van der Waals surface area contributed by atoms with Crippen molar-refractivity contribution < 1.29 is 19.1 Å². The molecule has 0 aliphatic carbocycles. The zero-order valence-corrected chi connectivity index (χ0v) is 17.4. The molecule has 5 nitrogen and oxygen atoms in total. The molecule has 0 spiro atoms. The molecule has 150 valence electrons. The summed E-state index contributed by atoms with van der Waals surface area (Å²) in [6, 6.07) is 0. The number of carbonyl (C=O) groups excluding carboxylic acids is 1. The van der Waals surface area contributed by atoms with Crippen LogP contribution >= 0.6 is 0 Å². The summed E-state index contributed by atoms with van der Waals surface area (Å²) in [6.07, 6.45) is 6.99. The molecular formula is C20H41NO4. The van der Waals surface area contributed by atoms with Crippen molar-refractivity contribution in [3.05, 3.63) is 0 Å². The molecule has 0 bridgehead atoms. The molecule has 0 aromatic rings. The summed E-state index contributed by atoms with van der Waals surface area (Å²) in [5.41, 5.74) is -0.752. The number of unbranched alkanes of at least 4 members (excludes halogenated alkanes) is 3. The van der Waals surface area contributed by atoms with E-state index in [1.54, 1.807) is 0 Å². The minimum absolute atomic E-state index is 0.117. The average Bonchev–Trinajstić information content (AvgIpc) is 2.53. The SMILES string of the molecule is CCCCCCC(C)C(=O)CC(C)(C)OCCOC(C)(C)CCON. The van der Waals surface area contributed by atoms with Gasteiger partial charge in [-0.25, -0.2) is 5.90 Å². The van der Waals surface area contributed by atoms with Gasteiger partial charge >= 0.3 is 0 Å². The first-order valence-electron chi connectivity index (χ1n) is 9.76. The lowest BCUT2D eigenvalue weighted by Gasteiger charge is -2.28. The molecule has 1 atom stereocenters. The van der Waals surface area contributed by atoms with Crippen molar-refractivity contribution in [2.75, 3.05) is 19.8 Å². The van der Waals surface area contributed by atoms with Gasteiger partial charge < -0.3 is 14.3 Å². The van der Waals surface area contributed by atoms with Crippen LogP contribution in [0.4, 0.5) is 0 Å². The molecule has 5 heteroatoms. The largest absolute Gasteiger partial charge is 0.373 e. The number of hydrogen-bond acceptors (Lipinski definition) is 5. The molecule has 0 heterocycles. The van der Waals surface area contributed by atoms with Crippen molar-refractivity contribution in [3.8, 4) is 0 Å². The lowest BCUT2D eigenvalue weighted by molar-refractivity contribution is -0.132. The van der Waals surface area contributed by atoms with Crippen LogP contribution in [0.2, 0.25) is 0 Å². The zero-order valence-electron chi connectivity index (χ0n) is 17.4. The molecule has 1 unspecified atom stereocenters. The third-order valence-electron chi connectivity index (χ3n) is 4.53. The van der Waals surface area contributed by atoms with Crippen LogP contribution in [0.3, 0.4) is 0 Å². The molecule has 0 saturated heterocycles. The van der Waals surface area contributed by atoms with Gasteiger partial charge in [-0.15, -0.1) is 0 Å². The van der Waals surface area contributed by atoms with Crippen LogP contribution in [0.5, 0.6) is 0 Å². The fourth-order valence-corrected chi connectivity index (χ4v) is 2.70. The number of ketones is 1. The van der Waals surface area contributed by atoms with Gasteiger partial charge in [0.1, 0.15) is 5.78 Å². The smallest absolute Gasteiger partial charge is 0.138 e. The van der Waals surface area contributed by atoms with Crippen LogP contribution in [0.1, 0.15) is 86.5 Å². The summed E-state index contributed by atoms with van der Waals surface area (Å²) in [4.78, 5) is 17.0. The highest BCUT2D eigenvalue weighted by Gasteiger charge is 2.26. The minimum Gasteiger partial charge on any atom is -0.373 e. The van der Waals surface area contributed by atoms with Gasteiger partial charge in [-0.2, -0.15) is 0 Å². The van der Waals surface area contributed by atoms with Gasteiger partial charge in [-0.1, -0.05) is 39.5 Å². The highest BCUT2D eigenvalue weighted by Crippen LogP contribution is 2.21. The normalized spacial score (nSPS) is 13.9. The third-order valence-corrected chi connectivity index (χ3v) is 4.53. The van der Waals surface area contributed by atoms with Gasteiger partial charge in [0.05, 0.1) is 31.0 Å². The van der Waals surface area contributed by atoms with Crippen molar-refractivity contribution in [3.63, 3.8) is 0 Å². The molecule has 2 N–H and O–H groups in total. The third kappa shape index (κ3) is 13.4. The summed E-state index contributed by atoms with van der Waals surface area (Å²) in [7, 11) is 0. The predicted octanol–water partition coefficient (Wildman–Crippen LogP) is 4.42. The van der Waals surface area contributed by atoms with Crippen LogP contribution in [0, 0.1) is 5.92 Å². The maximum absolute atomic E-state index is 12.4. The Balaban J connectivity index is 4.04. The predicted molar refractivity (Wildman–Crippen MR) is 102 cm³/mol. The van der Waals surface area contributed by atoms with E-state index in [1.807, 2.05) is 34.6 Å². The molecule has 0 aliphatic heterocycles. The number of ether oxygens (including phenoxy) is 2. The second-order valence-corrected chi connectivity index (χ2v) is 8.23. The number of nitrogens with two attached hydrogens (primary N) is 1. The Bertz CT molecular complexity index is 356. The van der Waals surface area contributed by atoms with Crippen LogP contribution in [0.25, 0.3) is 0 Å². The summed E-state index contributed by atoms with van der Waals surface area (Å²) in [6.45, 7) is 13.6. The van der Waals surface area contributed by atoms with Gasteiger partial charge in [-0.3, -0.25) is 4.79 Å². The Morgan fingerprint density at radius 1 is 0.960 bits per heavy atom. The van der Waals surface area contributed by atoms with E-state index in [0.29, 0.717) is 32.0 Å². The van der Waals surface area contributed by atoms with Crippen molar-refractivity contribution in [2.24, 2.45) is 11.8 Å². The maximum atomic E-state index is 12.4. The molecule has 0 rings (SSSR count). The Kier molecular flexibility index (Phi) is 12.5. The fourth-order valence-electron chi connectivity index (χ4n) is 2.70. The van der Waals surface area contributed by atoms with Gasteiger partial charge in [0.15, 0.2) is 0 Å². The highest BCUT2D eigenvalue weighted by molar-refractivity contribution is 5.81. The Morgan fingerprint density at radius 3 is 2.12 bits per heavy atom. The van der Waals surface area contributed by atoms with Crippen molar-refractivity contribution in [1.82, 2.24) is 0 Å². The Hall–Kier alpha value is -0.490. The van der Waals surface area contributed by atoms with Gasteiger partial charge in [0.2, 0.25) is 0 Å². The fraction of sp³-hybridized carbons (Fsp3) is 0.950. The van der Waals surface area contributed by atoms with E-state index in [4.69, 9.17) is 15.4 Å². The monoisotopic (exact) mass is 359 g/mol. The van der Waals surface area contributed by atoms with E-state index in [2.05, 4.69) is 11.8 Å². The van der Waals surface area contributed by atoms with E-state index >= 15 is 0 Å². The van der Waals surface area contributed by atoms with Crippen molar-refractivity contribution >= 4 is 5.78 Å². The summed E-state index contributed by atoms with van der Waals surface area (Å²) < 4.78 is 11.7. The van der Waals surface area contributed by atoms with Gasteiger partial charge in [0.25, 0.3) is 0 Å². The molecule has 0 saturated carbocycles. The van der Waals surface area contributed by atoms with Crippen LogP contribution in [-0.2, 0) is 19.1 Å². The molecule has 0 aromatic carbocycles. The Morgan fingerprint density at radius 2 is 1.56 bits per heavy atom. The topological polar surface area (TPSA) is 70.8 Å². The highest BCUT2D eigenvalue weighted by atomic mass is 16.6. The summed E-state index contributed by atoms with van der Waals surface area (Å²) in [5.74, 6) is 5.46. The first kappa shape index (κ1) is 24.5. The summed E-state index contributed by atoms with van der Waals surface area (Å²) in [5, 5.41) is 0. The van der Waals surface area contributed by atoms with Gasteiger partial charge in [-0.05, 0) is 34.1 Å². The minimum atomic E-state index is -0.456. The second kappa shape index (κ2) is 12.8.